The van der Waals surface area contributed by atoms with Crippen LogP contribution in [0.5, 0.6) is 0 Å². The molecule has 3 nitrogen and oxygen atoms in total. The fraction of sp³-hybridized carbons (Fsp3) is 0.533. The van der Waals surface area contributed by atoms with Crippen molar-refractivity contribution in [2.24, 2.45) is 0 Å². The highest BCUT2D eigenvalue weighted by Gasteiger charge is 2.37. The van der Waals surface area contributed by atoms with Crippen LogP contribution < -0.4 is 5.32 Å². The first kappa shape index (κ1) is 14.9. The third-order valence-electron chi connectivity index (χ3n) is 3.35. The predicted molar refractivity (Wildman–Crippen MR) is 71.3 cm³/mol. The monoisotopic (exact) mass is 280 g/mol. The quantitative estimate of drug-likeness (QED) is 0.745. The van der Waals surface area contributed by atoms with Crippen molar-refractivity contribution < 1.29 is 13.5 Å². The molecule has 0 spiro atoms. The Bertz CT molecular complexity index is 457. The summed E-state index contributed by atoms with van der Waals surface area (Å²) in [5.41, 5.74) is -0.0000732. The van der Waals surface area contributed by atoms with Crippen LogP contribution in [0.1, 0.15) is 24.8 Å². The van der Waals surface area contributed by atoms with Gasteiger partial charge >= 0.3 is 0 Å². The topological polar surface area (TPSA) is 45.0 Å². The fourth-order valence-electron chi connectivity index (χ4n) is 2.15. The minimum Gasteiger partial charge on any atom is -0.375 e. The predicted octanol–water partition coefficient (Wildman–Crippen LogP) is 2.83. The summed E-state index contributed by atoms with van der Waals surface area (Å²) in [6.45, 7) is -0.452. The van der Waals surface area contributed by atoms with Crippen LogP contribution in [0.15, 0.2) is 30.3 Å². The van der Waals surface area contributed by atoms with Gasteiger partial charge in [0.05, 0.1) is 6.07 Å². The first-order chi connectivity index (χ1) is 9.66. The van der Waals surface area contributed by atoms with Gasteiger partial charge < -0.3 is 4.74 Å². The van der Waals surface area contributed by atoms with Crippen molar-refractivity contribution in [1.29, 1.82) is 5.26 Å². The van der Waals surface area contributed by atoms with Crippen molar-refractivity contribution in [3.8, 4) is 6.07 Å². The van der Waals surface area contributed by atoms with E-state index in [0.29, 0.717) is 12.5 Å². The number of rotatable bonds is 8. The summed E-state index contributed by atoms with van der Waals surface area (Å²) >= 11 is 0. The summed E-state index contributed by atoms with van der Waals surface area (Å²) in [7, 11) is 0. The lowest BCUT2D eigenvalue weighted by Crippen LogP contribution is -2.43. The van der Waals surface area contributed by atoms with E-state index >= 15 is 0 Å². The zero-order valence-corrected chi connectivity index (χ0v) is 11.2. The van der Waals surface area contributed by atoms with Gasteiger partial charge in [0.25, 0.3) is 6.43 Å². The summed E-state index contributed by atoms with van der Waals surface area (Å²) in [6, 6.07) is 12.0. The van der Waals surface area contributed by atoms with Crippen LogP contribution in [0, 0.1) is 11.3 Å². The van der Waals surface area contributed by atoms with Crippen molar-refractivity contribution in [3.05, 3.63) is 35.9 Å². The molecule has 1 saturated carbocycles. The van der Waals surface area contributed by atoms with E-state index in [9.17, 15) is 14.0 Å². The summed E-state index contributed by atoms with van der Waals surface area (Å²) in [4.78, 5) is 0. The number of hydrogen-bond acceptors (Lipinski definition) is 3. The number of ether oxygens (including phenoxy) is 1. The highest BCUT2D eigenvalue weighted by Crippen LogP contribution is 2.31. The van der Waals surface area contributed by atoms with Gasteiger partial charge in [-0.15, -0.1) is 0 Å². The van der Waals surface area contributed by atoms with Gasteiger partial charge in [0.15, 0.2) is 0 Å². The molecule has 1 unspecified atom stereocenters. The molecule has 20 heavy (non-hydrogen) atoms. The van der Waals surface area contributed by atoms with Gasteiger partial charge in [-0.2, -0.15) is 5.26 Å². The van der Waals surface area contributed by atoms with Crippen LogP contribution in [0.25, 0.3) is 0 Å². The molecule has 108 valence electrons. The normalized spacial score (nSPS) is 17.7. The Kier molecular flexibility index (Phi) is 5.05. The van der Waals surface area contributed by atoms with Crippen LogP contribution in [0.3, 0.4) is 0 Å². The molecule has 1 aliphatic carbocycles. The molecule has 1 N–H and O–H groups in total. The lowest BCUT2D eigenvalue weighted by molar-refractivity contribution is 0.0117. The Labute approximate surface area is 117 Å². The molecule has 0 heterocycles. The van der Waals surface area contributed by atoms with Gasteiger partial charge in [-0.3, -0.25) is 5.32 Å². The van der Waals surface area contributed by atoms with Crippen molar-refractivity contribution in [2.45, 2.75) is 37.3 Å². The molecule has 1 fully saturated rings. The van der Waals surface area contributed by atoms with E-state index < -0.39 is 18.6 Å². The molecule has 1 aliphatic rings. The van der Waals surface area contributed by atoms with Crippen LogP contribution in [-0.2, 0) is 10.3 Å². The molecule has 0 bridgehead atoms. The van der Waals surface area contributed by atoms with E-state index in [-0.39, 0.29) is 6.61 Å². The Balaban J connectivity index is 2.05. The van der Waals surface area contributed by atoms with E-state index in [1.807, 2.05) is 30.3 Å². The van der Waals surface area contributed by atoms with E-state index in [2.05, 4.69) is 11.4 Å². The van der Waals surface area contributed by atoms with Gasteiger partial charge in [0, 0.05) is 19.1 Å². The number of hydrogen-bond donors (Lipinski definition) is 1. The van der Waals surface area contributed by atoms with Crippen LogP contribution >= 0.6 is 0 Å². The SMILES string of the molecule is N#CC(CCOCC(F)F)(NC1CC1)c1ccccc1. The van der Waals surface area contributed by atoms with E-state index in [4.69, 9.17) is 4.74 Å². The van der Waals surface area contributed by atoms with Crippen molar-refractivity contribution >= 4 is 0 Å². The lowest BCUT2D eigenvalue weighted by atomic mass is 9.88. The van der Waals surface area contributed by atoms with E-state index in [1.54, 1.807) is 0 Å². The zero-order valence-electron chi connectivity index (χ0n) is 11.2. The fourth-order valence-corrected chi connectivity index (χ4v) is 2.15. The first-order valence-corrected chi connectivity index (χ1v) is 6.77. The Morgan fingerprint density at radius 2 is 2.05 bits per heavy atom. The number of alkyl halides is 2. The second-order valence-electron chi connectivity index (χ2n) is 5.02. The number of halogens is 2. The summed E-state index contributed by atoms with van der Waals surface area (Å²) in [5, 5.41) is 12.9. The standard InChI is InChI=1S/C15H18F2N2O/c16-14(17)10-20-9-8-15(11-18,19-13-6-7-13)12-4-2-1-3-5-12/h1-5,13-14,19H,6-10H2. The molecular weight excluding hydrogens is 262 g/mol. The molecule has 0 aliphatic heterocycles. The Hall–Kier alpha value is -1.51. The summed E-state index contributed by atoms with van der Waals surface area (Å²) < 4.78 is 29.1. The Morgan fingerprint density at radius 3 is 2.60 bits per heavy atom. The van der Waals surface area contributed by atoms with Gasteiger partial charge in [-0.25, -0.2) is 8.78 Å². The van der Waals surface area contributed by atoms with Gasteiger partial charge in [0.2, 0.25) is 0 Å². The molecule has 0 amide bonds. The molecule has 2 rings (SSSR count). The average Bonchev–Trinajstić information content (AvgIpc) is 3.27. The van der Waals surface area contributed by atoms with Crippen LogP contribution in [-0.4, -0.2) is 25.7 Å². The zero-order chi connectivity index (χ0) is 14.4. The van der Waals surface area contributed by atoms with Crippen molar-refractivity contribution in [2.75, 3.05) is 13.2 Å². The van der Waals surface area contributed by atoms with Crippen LogP contribution in [0.2, 0.25) is 0 Å². The second-order valence-corrected chi connectivity index (χ2v) is 5.02. The highest BCUT2D eigenvalue weighted by atomic mass is 19.3. The van der Waals surface area contributed by atoms with Crippen molar-refractivity contribution in [1.82, 2.24) is 5.32 Å². The van der Waals surface area contributed by atoms with E-state index in [0.717, 1.165) is 18.4 Å². The smallest absolute Gasteiger partial charge is 0.261 e. The van der Waals surface area contributed by atoms with Gasteiger partial charge in [-0.1, -0.05) is 30.3 Å². The average molecular weight is 280 g/mol. The highest BCUT2D eigenvalue weighted by molar-refractivity contribution is 5.32. The summed E-state index contributed by atoms with van der Waals surface area (Å²) in [6.07, 6.45) is -0.0152. The lowest BCUT2D eigenvalue weighted by Gasteiger charge is -2.28. The first-order valence-electron chi connectivity index (χ1n) is 6.77. The second kappa shape index (κ2) is 6.78. The van der Waals surface area contributed by atoms with Crippen LogP contribution in [0.4, 0.5) is 8.78 Å². The minimum absolute atomic E-state index is 0.131. The minimum atomic E-state index is -2.47. The number of nitriles is 1. The Morgan fingerprint density at radius 1 is 1.35 bits per heavy atom. The molecule has 0 radical (unpaired) electrons. The molecule has 1 atom stereocenters. The molecular formula is C15H18F2N2O. The molecule has 0 aromatic heterocycles. The molecule has 0 saturated heterocycles. The maximum absolute atomic E-state index is 12.1. The maximum atomic E-state index is 12.1. The number of nitrogens with zero attached hydrogens (tertiary/aromatic N) is 1. The third kappa shape index (κ3) is 3.99. The summed E-state index contributed by atoms with van der Waals surface area (Å²) in [5.74, 6) is 0. The molecule has 1 aromatic rings. The van der Waals surface area contributed by atoms with E-state index in [1.165, 1.54) is 0 Å². The number of benzene rings is 1. The maximum Gasteiger partial charge on any atom is 0.261 e. The molecule has 5 heteroatoms. The largest absolute Gasteiger partial charge is 0.375 e. The van der Waals surface area contributed by atoms with Gasteiger partial charge in [0.1, 0.15) is 12.1 Å². The third-order valence-corrected chi connectivity index (χ3v) is 3.35. The molecule has 1 aromatic carbocycles. The number of nitrogens with one attached hydrogen (secondary N) is 1. The van der Waals surface area contributed by atoms with Crippen molar-refractivity contribution in [3.63, 3.8) is 0 Å². The van der Waals surface area contributed by atoms with Gasteiger partial charge in [-0.05, 0) is 18.4 Å².